The number of hydrogen-bond donors (Lipinski definition) is 0. The average Bonchev–Trinajstić information content (AvgIpc) is 2.29. The van der Waals surface area contributed by atoms with Crippen molar-refractivity contribution in [2.75, 3.05) is 13.2 Å². The number of esters is 1. The van der Waals surface area contributed by atoms with E-state index in [0.29, 0.717) is 13.2 Å². The zero-order chi connectivity index (χ0) is 12.0. The van der Waals surface area contributed by atoms with Crippen molar-refractivity contribution in [3.63, 3.8) is 0 Å². The van der Waals surface area contributed by atoms with Gasteiger partial charge in [-0.3, -0.25) is 9.59 Å². The first-order valence-corrected chi connectivity index (χ1v) is 5.93. The predicted octanol–water partition coefficient (Wildman–Crippen LogP) is 1.71. The van der Waals surface area contributed by atoms with Crippen LogP contribution in [-0.2, 0) is 19.1 Å². The predicted molar refractivity (Wildman–Crippen MR) is 59.0 cm³/mol. The summed E-state index contributed by atoms with van der Waals surface area (Å²) < 4.78 is 10.2. The summed E-state index contributed by atoms with van der Waals surface area (Å²) in [5.74, 6) is -0.416. The van der Waals surface area contributed by atoms with E-state index in [4.69, 9.17) is 9.47 Å². The van der Waals surface area contributed by atoms with Gasteiger partial charge in [0.25, 0.3) is 0 Å². The molecule has 1 heterocycles. The highest BCUT2D eigenvalue weighted by Crippen LogP contribution is 2.17. The van der Waals surface area contributed by atoms with Crippen LogP contribution in [-0.4, -0.2) is 31.1 Å². The minimum absolute atomic E-state index is 0.00315. The SMILES string of the molecule is CCC(C)OC(=O)CC(=O)C1CCOCC1. The van der Waals surface area contributed by atoms with Gasteiger partial charge in [0.2, 0.25) is 0 Å². The number of rotatable bonds is 5. The third kappa shape index (κ3) is 4.31. The van der Waals surface area contributed by atoms with E-state index < -0.39 is 5.97 Å². The fourth-order valence-corrected chi connectivity index (χ4v) is 1.66. The molecule has 1 saturated heterocycles. The molecular weight excluding hydrogens is 208 g/mol. The summed E-state index contributed by atoms with van der Waals surface area (Å²) in [5, 5.41) is 0. The van der Waals surface area contributed by atoms with Crippen molar-refractivity contribution in [3.05, 3.63) is 0 Å². The van der Waals surface area contributed by atoms with Crippen molar-refractivity contribution in [3.8, 4) is 0 Å². The van der Waals surface area contributed by atoms with E-state index in [2.05, 4.69) is 0 Å². The number of ether oxygens (including phenoxy) is 2. The van der Waals surface area contributed by atoms with Crippen molar-refractivity contribution in [1.29, 1.82) is 0 Å². The number of ketones is 1. The smallest absolute Gasteiger partial charge is 0.313 e. The molecule has 16 heavy (non-hydrogen) atoms. The lowest BCUT2D eigenvalue weighted by Crippen LogP contribution is -2.26. The average molecular weight is 228 g/mol. The number of carbonyl (C=O) groups is 2. The van der Waals surface area contributed by atoms with Crippen LogP contribution in [0.5, 0.6) is 0 Å². The van der Waals surface area contributed by atoms with Crippen LogP contribution < -0.4 is 0 Å². The second kappa shape index (κ2) is 6.63. The van der Waals surface area contributed by atoms with Crippen LogP contribution >= 0.6 is 0 Å². The Morgan fingerprint density at radius 1 is 1.38 bits per heavy atom. The van der Waals surface area contributed by atoms with E-state index in [1.807, 2.05) is 13.8 Å². The minimum atomic E-state index is -0.397. The van der Waals surface area contributed by atoms with Gasteiger partial charge in [-0.05, 0) is 26.2 Å². The molecular formula is C12H20O4. The van der Waals surface area contributed by atoms with E-state index in [1.165, 1.54) is 0 Å². The molecule has 0 aromatic carbocycles. The fraction of sp³-hybridized carbons (Fsp3) is 0.833. The molecule has 0 spiro atoms. The monoisotopic (exact) mass is 228 g/mol. The molecule has 1 rings (SSSR count). The normalized spacial score (nSPS) is 19.1. The van der Waals surface area contributed by atoms with Crippen molar-refractivity contribution < 1.29 is 19.1 Å². The Balaban J connectivity index is 2.29. The van der Waals surface area contributed by atoms with Crippen LogP contribution in [0.15, 0.2) is 0 Å². The maximum atomic E-state index is 11.7. The van der Waals surface area contributed by atoms with Crippen molar-refractivity contribution in [2.45, 2.75) is 45.6 Å². The topological polar surface area (TPSA) is 52.6 Å². The Bertz CT molecular complexity index is 243. The summed E-state index contributed by atoms with van der Waals surface area (Å²) in [6.07, 6.45) is 2.05. The second-order valence-corrected chi connectivity index (χ2v) is 4.24. The van der Waals surface area contributed by atoms with Crippen LogP contribution in [0.1, 0.15) is 39.5 Å². The van der Waals surface area contributed by atoms with Gasteiger partial charge in [0, 0.05) is 19.1 Å². The first kappa shape index (κ1) is 13.2. The van der Waals surface area contributed by atoms with Gasteiger partial charge in [0.1, 0.15) is 12.2 Å². The van der Waals surface area contributed by atoms with Gasteiger partial charge in [0.05, 0.1) is 6.10 Å². The molecule has 0 aliphatic carbocycles. The summed E-state index contributed by atoms with van der Waals surface area (Å²) in [6, 6.07) is 0. The highest BCUT2D eigenvalue weighted by Gasteiger charge is 2.24. The van der Waals surface area contributed by atoms with Gasteiger partial charge in [-0.2, -0.15) is 0 Å². The van der Waals surface area contributed by atoms with Crippen molar-refractivity contribution in [2.24, 2.45) is 5.92 Å². The molecule has 0 bridgehead atoms. The van der Waals surface area contributed by atoms with Gasteiger partial charge in [-0.15, -0.1) is 0 Å². The number of carbonyl (C=O) groups excluding carboxylic acids is 2. The molecule has 0 amide bonds. The Kier molecular flexibility index (Phi) is 5.46. The lowest BCUT2D eigenvalue weighted by Gasteiger charge is -2.20. The molecule has 4 heteroatoms. The third-order valence-corrected chi connectivity index (χ3v) is 2.90. The molecule has 0 aromatic rings. The van der Waals surface area contributed by atoms with E-state index in [0.717, 1.165) is 19.3 Å². The lowest BCUT2D eigenvalue weighted by molar-refractivity contribution is -0.151. The highest BCUT2D eigenvalue weighted by molar-refractivity contribution is 5.96. The van der Waals surface area contributed by atoms with Crippen LogP contribution in [0.25, 0.3) is 0 Å². The van der Waals surface area contributed by atoms with E-state index in [1.54, 1.807) is 0 Å². The first-order valence-electron chi connectivity index (χ1n) is 5.93. The molecule has 0 radical (unpaired) electrons. The Labute approximate surface area is 96.3 Å². The minimum Gasteiger partial charge on any atom is -0.462 e. The largest absolute Gasteiger partial charge is 0.462 e. The zero-order valence-corrected chi connectivity index (χ0v) is 10.0. The van der Waals surface area contributed by atoms with Crippen molar-refractivity contribution in [1.82, 2.24) is 0 Å². The standard InChI is InChI=1S/C12H20O4/c1-3-9(2)16-12(14)8-11(13)10-4-6-15-7-5-10/h9-10H,3-8H2,1-2H3. The molecule has 0 aromatic heterocycles. The summed E-state index contributed by atoms with van der Waals surface area (Å²) in [7, 11) is 0. The van der Waals surface area contributed by atoms with Gasteiger partial charge >= 0.3 is 5.97 Å². The van der Waals surface area contributed by atoms with Crippen LogP contribution in [0.3, 0.4) is 0 Å². The molecule has 4 nitrogen and oxygen atoms in total. The Morgan fingerprint density at radius 2 is 2.00 bits per heavy atom. The second-order valence-electron chi connectivity index (χ2n) is 4.24. The summed E-state index contributed by atoms with van der Waals surface area (Å²) in [6.45, 7) is 5.02. The molecule has 92 valence electrons. The molecule has 1 atom stereocenters. The molecule has 0 N–H and O–H groups in total. The van der Waals surface area contributed by atoms with Crippen LogP contribution in [0.2, 0.25) is 0 Å². The van der Waals surface area contributed by atoms with E-state index in [9.17, 15) is 9.59 Å². The fourth-order valence-electron chi connectivity index (χ4n) is 1.66. The summed E-state index contributed by atoms with van der Waals surface area (Å²) in [5.41, 5.74) is 0. The maximum absolute atomic E-state index is 11.7. The van der Waals surface area contributed by atoms with Crippen LogP contribution in [0, 0.1) is 5.92 Å². The Hall–Kier alpha value is -0.900. The number of hydrogen-bond acceptors (Lipinski definition) is 4. The molecule has 1 aliphatic rings. The molecule has 1 aliphatic heterocycles. The van der Waals surface area contributed by atoms with Gasteiger partial charge in [0.15, 0.2) is 0 Å². The maximum Gasteiger partial charge on any atom is 0.313 e. The molecule has 1 unspecified atom stereocenters. The van der Waals surface area contributed by atoms with E-state index in [-0.39, 0.29) is 24.2 Å². The van der Waals surface area contributed by atoms with E-state index >= 15 is 0 Å². The first-order chi connectivity index (χ1) is 7.63. The van der Waals surface area contributed by atoms with Crippen LogP contribution in [0.4, 0.5) is 0 Å². The molecule has 1 fully saturated rings. The third-order valence-electron chi connectivity index (χ3n) is 2.90. The van der Waals surface area contributed by atoms with Gasteiger partial charge in [-0.25, -0.2) is 0 Å². The summed E-state index contributed by atoms with van der Waals surface area (Å²) >= 11 is 0. The number of Topliss-reactive ketones (excluding diaryl/α,β-unsaturated/α-hetero) is 1. The molecule has 0 saturated carbocycles. The highest BCUT2D eigenvalue weighted by atomic mass is 16.5. The lowest BCUT2D eigenvalue weighted by atomic mass is 9.94. The Morgan fingerprint density at radius 3 is 2.56 bits per heavy atom. The van der Waals surface area contributed by atoms with Gasteiger partial charge < -0.3 is 9.47 Å². The summed E-state index contributed by atoms with van der Waals surface area (Å²) in [4.78, 5) is 23.1. The van der Waals surface area contributed by atoms with Gasteiger partial charge in [-0.1, -0.05) is 6.92 Å². The van der Waals surface area contributed by atoms with Crippen molar-refractivity contribution >= 4 is 11.8 Å². The quantitative estimate of drug-likeness (QED) is 0.531. The zero-order valence-electron chi connectivity index (χ0n) is 10.0.